The van der Waals surface area contributed by atoms with Gasteiger partial charge in [-0.1, -0.05) is 30.3 Å². The molecule has 0 spiro atoms. The van der Waals surface area contributed by atoms with E-state index >= 15 is 0 Å². The van der Waals surface area contributed by atoms with Crippen molar-refractivity contribution < 1.29 is 19.1 Å². The molecule has 3 amide bonds. The number of hydrogen-bond donors (Lipinski definition) is 0. The van der Waals surface area contributed by atoms with Crippen molar-refractivity contribution >= 4 is 17.9 Å². The Kier molecular flexibility index (Phi) is 3.60. The molecule has 110 valence electrons. The van der Waals surface area contributed by atoms with E-state index in [9.17, 15) is 14.4 Å². The molecule has 0 aromatic heterocycles. The lowest BCUT2D eigenvalue weighted by molar-refractivity contribution is -0.145. The molecule has 2 saturated heterocycles. The first kappa shape index (κ1) is 13.6. The SMILES string of the molecule is O=C(CN1CC2CCC(=O)N2C1=O)OCc1ccccc1. The summed E-state index contributed by atoms with van der Waals surface area (Å²) in [5.41, 5.74) is 0.898. The first-order chi connectivity index (χ1) is 10.1. The van der Waals surface area contributed by atoms with Crippen molar-refractivity contribution in [3.8, 4) is 0 Å². The van der Waals surface area contributed by atoms with Gasteiger partial charge in [0.25, 0.3) is 0 Å². The van der Waals surface area contributed by atoms with Gasteiger partial charge in [0.1, 0.15) is 13.2 Å². The third-order valence-electron chi connectivity index (χ3n) is 3.80. The topological polar surface area (TPSA) is 66.9 Å². The minimum absolute atomic E-state index is 0.0769. The standard InChI is InChI=1S/C15H16N2O4/c18-13-7-6-12-8-16(15(20)17(12)13)9-14(19)21-10-11-4-2-1-3-5-11/h1-5,12H,6-10H2. The van der Waals surface area contributed by atoms with Crippen LogP contribution in [-0.2, 0) is 20.9 Å². The van der Waals surface area contributed by atoms with Crippen LogP contribution in [0.5, 0.6) is 0 Å². The van der Waals surface area contributed by atoms with E-state index in [2.05, 4.69) is 0 Å². The smallest absolute Gasteiger partial charge is 0.327 e. The molecule has 6 heteroatoms. The molecule has 0 radical (unpaired) electrons. The van der Waals surface area contributed by atoms with Crippen LogP contribution in [0.2, 0.25) is 0 Å². The molecule has 0 aliphatic carbocycles. The molecule has 0 saturated carbocycles. The Hall–Kier alpha value is -2.37. The van der Waals surface area contributed by atoms with E-state index in [0.717, 1.165) is 5.56 Å². The number of benzene rings is 1. The second-order valence-electron chi connectivity index (χ2n) is 5.27. The Morgan fingerprint density at radius 3 is 2.71 bits per heavy atom. The molecule has 2 aliphatic heterocycles. The van der Waals surface area contributed by atoms with E-state index in [1.54, 1.807) is 0 Å². The van der Waals surface area contributed by atoms with Crippen LogP contribution >= 0.6 is 0 Å². The second-order valence-corrected chi connectivity index (χ2v) is 5.27. The van der Waals surface area contributed by atoms with Crippen LogP contribution in [-0.4, -0.2) is 46.8 Å². The van der Waals surface area contributed by atoms with Crippen molar-refractivity contribution in [3.05, 3.63) is 35.9 Å². The van der Waals surface area contributed by atoms with Gasteiger partial charge in [0.15, 0.2) is 0 Å². The number of esters is 1. The lowest BCUT2D eigenvalue weighted by Gasteiger charge is -2.15. The van der Waals surface area contributed by atoms with Crippen molar-refractivity contribution in [2.45, 2.75) is 25.5 Å². The fraction of sp³-hybridized carbons (Fsp3) is 0.400. The number of ether oxygens (including phenoxy) is 1. The maximum atomic E-state index is 12.0. The van der Waals surface area contributed by atoms with Crippen LogP contribution in [0.4, 0.5) is 4.79 Å². The number of fused-ring (bicyclic) bond motifs is 1. The summed E-state index contributed by atoms with van der Waals surface area (Å²) in [5, 5.41) is 0. The summed E-state index contributed by atoms with van der Waals surface area (Å²) in [6, 6.07) is 8.90. The van der Waals surface area contributed by atoms with Crippen molar-refractivity contribution in [2.24, 2.45) is 0 Å². The Morgan fingerprint density at radius 2 is 2.00 bits per heavy atom. The average molecular weight is 288 g/mol. The second kappa shape index (κ2) is 5.55. The Balaban J connectivity index is 1.52. The van der Waals surface area contributed by atoms with Gasteiger partial charge < -0.3 is 9.64 Å². The summed E-state index contributed by atoms with van der Waals surface area (Å²) < 4.78 is 5.15. The van der Waals surface area contributed by atoms with E-state index in [-0.39, 0.29) is 31.1 Å². The number of amides is 3. The zero-order chi connectivity index (χ0) is 14.8. The van der Waals surface area contributed by atoms with Gasteiger partial charge in [-0.25, -0.2) is 4.79 Å². The van der Waals surface area contributed by atoms with Gasteiger partial charge in [-0.3, -0.25) is 14.5 Å². The highest BCUT2D eigenvalue weighted by Crippen LogP contribution is 2.26. The summed E-state index contributed by atoms with van der Waals surface area (Å²) in [6.07, 6.45) is 1.10. The summed E-state index contributed by atoms with van der Waals surface area (Å²) in [6.45, 7) is 0.505. The van der Waals surface area contributed by atoms with Gasteiger partial charge in [0.2, 0.25) is 5.91 Å². The number of hydrogen-bond acceptors (Lipinski definition) is 4. The fourth-order valence-electron chi connectivity index (χ4n) is 2.74. The molecule has 2 fully saturated rings. The zero-order valence-corrected chi connectivity index (χ0v) is 11.5. The average Bonchev–Trinajstić information content (AvgIpc) is 3.00. The lowest BCUT2D eigenvalue weighted by Crippen LogP contribution is -2.37. The van der Waals surface area contributed by atoms with Crippen molar-refractivity contribution in [1.29, 1.82) is 0 Å². The van der Waals surface area contributed by atoms with Gasteiger partial charge in [0.05, 0.1) is 6.04 Å². The number of imide groups is 1. The highest BCUT2D eigenvalue weighted by Gasteiger charge is 2.45. The largest absolute Gasteiger partial charge is 0.459 e. The van der Waals surface area contributed by atoms with Crippen LogP contribution in [0.15, 0.2) is 30.3 Å². The highest BCUT2D eigenvalue weighted by molar-refractivity contribution is 5.99. The number of carbonyl (C=O) groups is 3. The summed E-state index contributed by atoms with van der Waals surface area (Å²) >= 11 is 0. The Labute approximate surface area is 122 Å². The summed E-state index contributed by atoms with van der Waals surface area (Å²) in [5.74, 6) is -0.606. The predicted octanol–water partition coefficient (Wildman–Crippen LogP) is 1.16. The van der Waals surface area contributed by atoms with Gasteiger partial charge >= 0.3 is 12.0 Å². The Morgan fingerprint density at radius 1 is 1.24 bits per heavy atom. The van der Waals surface area contributed by atoms with E-state index in [4.69, 9.17) is 4.74 Å². The fourth-order valence-corrected chi connectivity index (χ4v) is 2.74. The number of urea groups is 1. The number of carbonyl (C=O) groups excluding carboxylic acids is 3. The van der Waals surface area contributed by atoms with E-state index in [1.807, 2.05) is 30.3 Å². The zero-order valence-electron chi connectivity index (χ0n) is 11.5. The van der Waals surface area contributed by atoms with Crippen LogP contribution in [0.25, 0.3) is 0 Å². The van der Waals surface area contributed by atoms with E-state index in [0.29, 0.717) is 19.4 Å². The first-order valence-electron chi connectivity index (χ1n) is 6.95. The van der Waals surface area contributed by atoms with Crippen LogP contribution in [0, 0.1) is 0 Å². The van der Waals surface area contributed by atoms with Crippen LogP contribution in [0.3, 0.4) is 0 Å². The molecule has 1 atom stereocenters. The monoisotopic (exact) mass is 288 g/mol. The molecule has 21 heavy (non-hydrogen) atoms. The molecule has 1 unspecified atom stereocenters. The minimum atomic E-state index is -0.458. The predicted molar refractivity (Wildman–Crippen MR) is 73.1 cm³/mol. The maximum absolute atomic E-state index is 12.0. The van der Waals surface area contributed by atoms with Crippen LogP contribution in [0.1, 0.15) is 18.4 Å². The normalized spacial score (nSPS) is 20.9. The third-order valence-corrected chi connectivity index (χ3v) is 3.80. The van der Waals surface area contributed by atoms with Gasteiger partial charge in [-0.2, -0.15) is 0 Å². The molecule has 2 heterocycles. The summed E-state index contributed by atoms with van der Waals surface area (Å²) in [7, 11) is 0. The third kappa shape index (κ3) is 2.74. The molecule has 1 aromatic rings. The number of nitrogens with zero attached hydrogens (tertiary/aromatic N) is 2. The van der Waals surface area contributed by atoms with Gasteiger partial charge in [-0.15, -0.1) is 0 Å². The van der Waals surface area contributed by atoms with Crippen LogP contribution < -0.4 is 0 Å². The van der Waals surface area contributed by atoms with Crippen molar-refractivity contribution in [2.75, 3.05) is 13.1 Å². The molecule has 2 aliphatic rings. The molecular formula is C15H16N2O4. The molecule has 0 N–H and O–H groups in total. The molecule has 1 aromatic carbocycles. The maximum Gasteiger partial charge on any atom is 0.327 e. The quantitative estimate of drug-likeness (QED) is 0.780. The van der Waals surface area contributed by atoms with E-state index < -0.39 is 5.97 Å². The summed E-state index contributed by atoms with van der Waals surface area (Å²) in [4.78, 5) is 38.1. The molecular weight excluding hydrogens is 272 g/mol. The lowest BCUT2D eigenvalue weighted by atomic mass is 10.2. The van der Waals surface area contributed by atoms with E-state index in [1.165, 1.54) is 9.80 Å². The molecule has 0 bridgehead atoms. The molecule has 6 nitrogen and oxygen atoms in total. The van der Waals surface area contributed by atoms with Gasteiger partial charge in [0, 0.05) is 13.0 Å². The Bertz CT molecular complexity index is 572. The number of rotatable bonds is 4. The van der Waals surface area contributed by atoms with Gasteiger partial charge in [-0.05, 0) is 12.0 Å². The highest BCUT2D eigenvalue weighted by atomic mass is 16.5. The minimum Gasteiger partial charge on any atom is -0.459 e. The van der Waals surface area contributed by atoms with Crippen molar-refractivity contribution in [1.82, 2.24) is 9.80 Å². The molecule has 3 rings (SSSR count). The van der Waals surface area contributed by atoms with Crippen molar-refractivity contribution in [3.63, 3.8) is 0 Å². The first-order valence-corrected chi connectivity index (χ1v) is 6.95.